The molecule has 5 nitrogen and oxygen atoms in total. The number of aromatic nitrogens is 2. The van der Waals surface area contributed by atoms with Crippen molar-refractivity contribution in [2.24, 2.45) is 0 Å². The number of H-pyrrole nitrogens is 1. The zero-order valence-electron chi connectivity index (χ0n) is 9.43. The SMILES string of the molecule is OC(O)(c1nc2ccccc2[nH]1)N1CCCC1. The number of fused-ring (bicyclic) bond motifs is 1. The highest BCUT2D eigenvalue weighted by Crippen LogP contribution is 2.26. The Balaban J connectivity index is 2.01. The van der Waals surface area contributed by atoms with Gasteiger partial charge in [-0.15, -0.1) is 0 Å². The Morgan fingerprint density at radius 2 is 1.88 bits per heavy atom. The van der Waals surface area contributed by atoms with Crippen molar-refractivity contribution in [1.29, 1.82) is 0 Å². The van der Waals surface area contributed by atoms with Crippen LogP contribution >= 0.6 is 0 Å². The lowest BCUT2D eigenvalue weighted by Gasteiger charge is -2.29. The number of aromatic amines is 1. The standard InChI is InChI=1S/C12H15N3O2/c16-12(17,15-7-3-4-8-15)11-13-9-5-1-2-6-10(9)14-11/h1-2,5-6,16-17H,3-4,7-8H2,(H,13,14). The van der Waals surface area contributed by atoms with Crippen LogP contribution in [-0.2, 0) is 5.91 Å². The highest BCUT2D eigenvalue weighted by atomic mass is 16.5. The number of benzene rings is 1. The summed E-state index contributed by atoms with van der Waals surface area (Å²) in [5.41, 5.74) is 1.56. The zero-order chi connectivity index (χ0) is 11.9. The molecule has 0 aliphatic carbocycles. The summed E-state index contributed by atoms with van der Waals surface area (Å²) in [4.78, 5) is 8.82. The lowest BCUT2D eigenvalue weighted by molar-refractivity contribution is -0.273. The minimum absolute atomic E-state index is 0.195. The smallest absolute Gasteiger partial charge is 0.287 e. The molecule has 2 aromatic rings. The van der Waals surface area contributed by atoms with Gasteiger partial charge in [-0.1, -0.05) is 12.1 Å². The first-order chi connectivity index (χ1) is 8.18. The van der Waals surface area contributed by atoms with Crippen molar-refractivity contribution < 1.29 is 10.2 Å². The Morgan fingerprint density at radius 3 is 2.59 bits per heavy atom. The molecule has 1 aromatic carbocycles. The van der Waals surface area contributed by atoms with E-state index in [1.807, 2.05) is 24.3 Å². The molecular weight excluding hydrogens is 218 g/mol. The van der Waals surface area contributed by atoms with Crippen molar-refractivity contribution in [1.82, 2.24) is 14.9 Å². The maximum absolute atomic E-state index is 10.2. The van der Waals surface area contributed by atoms with Gasteiger partial charge in [0.1, 0.15) is 0 Å². The summed E-state index contributed by atoms with van der Waals surface area (Å²) in [6.45, 7) is 1.37. The quantitative estimate of drug-likeness (QED) is 0.669. The molecule has 1 saturated heterocycles. The molecule has 0 spiro atoms. The van der Waals surface area contributed by atoms with E-state index in [-0.39, 0.29) is 5.82 Å². The molecule has 0 saturated carbocycles. The highest BCUT2D eigenvalue weighted by molar-refractivity contribution is 5.74. The molecule has 0 amide bonds. The van der Waals surface area contributed by atoms with E-state index in [1.165, 1.54) is 0 Å². The van der Waals surface area contributed by atoms with Crippen molar-refractivity contribution in [3.63, 3.8) is 0 Å². The van der Waals surface area contributed by atoms with Gasteiger partial charge in [0.15, 0.2) is 5.82 Å². The van der Waals surface area contributed by atoms with E-state index in [2.05, 4.69) is 9.97 Å². The van der Waals surface area contributed by atoms with E-state index in [0.717, 1.165) is 23.9 Å². The number of aliphatic hydroxyl groups is 2. The van der Waals surface area contributed by atoms with Crippen molar-refractivity contribution in [2.45, 2.75) is 18.8 Å². The maximum Gasteiger partial charge on any atom is 0.287 e. The number of imidazole rings is 1. The van der Waals surface area contributed by atoms with Crippen LogP contribution < -0.4 is 0 Å². The van der Waals surface area contributed by atoms with Crippen LogP contribution in [0.4, 0.5) is 0 Å². The molecule has 17 heavy (non-hydrogen) atoms. The van der Waals surface area contributed by atoms with Crippen LogP contribution in [0.5, 0.6) is 0 Å². The predicted molar refractivity (Wildman–Crippen MR) is 63.0 cm³/mol. The third kappa shape index (κ3) is 1.72. The Morgan fingerprint density at radius 1 is 1.18 bits per heavy atom. The van der Waals surface area contributed by atoms with E-state index in [9.17, 15) is 10.2 Å². The van der Waals surface area contributed by atoms with E-state index >= 15 is 0 Å². The van der Waals surface area contributed by atoms with Gasteiger partial charge in [0.25, 0.3) is 5.91 Å². The number of para-hydroxylation sites is 2. The fourth-order valence-electron chi connectivity index (χ4n) is 2.29. The van der Waals surface area contributed by atoms with Gasteiger partial charge in [-0.25, -0.2) is 9.88 Å². The number of hydrogen-bond acceptors (Lipinski definition) is 4. The molecule has 2 heterocycles. The summed E-state index contributed by atoms with van der Waals surface area (Å²) < 4.78 is 0. The van der Waals surface area contributed by atoms with Crippen LogP contribution in [0, 0.1) is 0 Å². The molecule has 5 heteroatoms. The van der Waals surface area contributed by atoms with Crippen molar-refractivity contribution in [3.05, 3.63) is 30.1 Å². The summed E-state index contributed by atoms with van der Waals surface area (Å²) in [6, 6.07) is 7.47. The second kappa shape index (κ2) is 3.80. The molecule has 0 bridgehead atoms. The average Bonchev–Trinajstić information content (AvgIpc) is 2.98. The van der Waals surface area contributed by atoms with Crippen LogP contribution in [0.25, 0.3) is 11.0 Å². The Bertz CT molecular complexity index is 496. The van der Waals surface area contributed by atoms with Gasteiger partial charge in [0.2, 0.25) is 0 Å². The second-order valence-corrected chi connectivity index (χ2v) is 4.43. The summed E-state index contributed by atoms with van der Waals surface area (Å²) in [5, 5.41) is 20.3. The monoisotopic (exact) mass is 233 g/mol. The molecule has 3 N–H and O–H groups in total. The normalized spacial score (nSPS) is 18.0. The van der Waals surface area contributed by atoms with Gasteiger partial charge in [0, 0.05) is 13.1 Å². The number of rotatable bonds is 2. The van der Waals surface area contributed by atoms with E-state index in [1.54, 1.807) is 4.90 Å². The molecule has 1 aromatic heterocycles. The molecule has 90 valence electrons. The first kappa shape index (κ1) is 10.7. The van der Waals surface area contributed by atoms with Crippen LogP contribution in [0.1, 0.15) is 18.7 Å². The Hall–Kier alpha value is -1.43. The highest BCUT2D eigenvalue weighted by Gasteiger charge is 2.38. The number of nitrogens with one attached hydrogen (secondary N) is 1. The fourth-order valence-corrected chi connectivity index (χ4v) is 2.29. The van der Waals surface area contributed by atoms with Crippen molar-refractivity contribution >= 4 is 11.0 Å². The largest absolute Gasteiger partial charge is 0.347 e. The zero-order valence-corrected chi connectivity index (χ0v) is 9.43. The molecule has 0 radical (unpaired) electrons. The summed E-state index contributed by atoms with van der Waals surface area (Å²) in [5.74, 6) is -1.80. The topological polar surface area (TPSA) is 72.4 Å². The third-order valence-corrected chi connectivity index (χ3v) is 3.25. The van der Waals surface area contributed by atoms with E-state index < -0.39 is 5.91 Å². The lowest BCUT2D eigenvalue weighted by atomic mass is 10.3. The van der Waals surface area contributed by atoms with Crippen molar-refractivity contribution in [2.75, 3.05) is 13.1 Å². The number of hydrogen-bond donors (Lipinski definition) is 3. The third-order valence-electron chi connectivity index (χ3n) is 3.25. The average molecular weight is 233 g/mol. The number of likely N-dealkylation sites (tertiary alicyclic amines) is 1. The van der Waals surface area contributed by atoms with Crippen LogP contribution in [0.2, 0.25) is 0 Å². The van der Waals surface area contributed by atoms with Gasteiger partial charge in [0.05, 0.1) is 11.0 Å². The maximum atomic E-state index is 10.2. The Labute approximate surface area is 98.7 Å². The minimum atomic E-state index is -1.99. The molecule has 0 unspecified atom stereocenters. The van der Waals surface area contributed by atoms with Crippen LogP contribution in [0.15, 0.2) is 24.3 Å². The summed E-state index contributed by atoms with van der Waals surface area (Å²) >= 11 is 0. The summed E-state index contributed by atoms with van der Waals surface area (Å²) in [6.07, 6.45) is 1.98. The van der Waals surface area contributed by atoms with E-state index in [0.29, 0.717) is 13.1 Å². The molecule has 1 fully saturated rings. The van der Waals surface area contributed by atoms with Gasteiger partial charge in [-0.3, -0.25) is 0 Å². The predicted octanol–water partition coefficient (Wildman–Crippen LogP) is 0.754. The van der Waals surface area contributed by atoms with Gasteiger partial charge < -0.3 is 15.2 Å². The molecule has 0 atom stereocenters. The molecule has 3 rings (SSSR count). The number of nitrogens with zero attached hydrogens (tertiary/aromatic N) is 2. The second-order valence-electron chi connectivity index (χ2n) is 4.43. The van der Waals surface area contributed by atoms with Crippen molar-refractivity contribution in [3.8, 4) is 0 Å². The molecule has 1 aliphatic rings. The fraction of sp³-hybridized carbons (Fsp3) is 0.417. The molecule has 1 aliphatic heterocycles. The van der Waals surface area contributed by atoms with Gasteiger partial charge in [-0.2, -0.15) is 0 Å². The van der Waals surface area contributed by atoms with Gasteiger partial charge in [-0.05, 0) is 25.0 Å². The minimum Gasteiger partial charge on any atom is -0.347 e. The van der Waals surface area contributed by atoms with Crippen LogP contribution in [-0.4, -0.2) is 38.2 Å². The lowest BCUT2D eigenvalue weighted by Crippen LogP contribution is -2.45. The molecular formula is C12H15N3O2. The van der Waals surface area contributed by atoms with Crippen LogP contribution in [0.3, 0.4) is 0 Å². The first-order valence-electron chi connectivity index (χ1n) is 5.83. The first-order valence-corrected chi connectivity index (χ1v) is 5.83. The van der Waals surface area contributed by atoms with Gasteiger partial charge >= 0.3 is 0 Å². The Kier molecular flexibility index (Phi) is 2.39. The summed E-state index contributed by atoms with van der Waals surface area (Å²) in [7, 11) is 0. The van der Waals surface area contributed by atoms with E-state index in [4.69, 9.17) is 0 Å².